The molecule has 1 saturated heterocycles. The number of nitrogens with zero attached hydrogens (tertiary/aromatic N) is 2. The molecule has 0 saturated carbocycles. The molecular weight excluding hydrogens is 236 g/mol. The molecule has 0 bridgehead atoms. The van der Waals surface area contributed by atoms with Crippen LogP contribution < -0.4 is 0 Å². The second kappa shape index (κ2) is 4.49. The number of aliphatic imine (C=N–C) groups is 1. The quantitative estimate of drug-likeness (QED) is 0.768. The summed E-state index contributed by atoms with van der Waals surface area (Å²) in [5.74, 6) is 0. The van der Waals surface area contributed by atoms with Gasteiger partial charge in [0.1, 0.15) is 6.04 Å². The second-order valence-electron chi connectivity index (χ2n) is 4.41. The Hall–Kier alpha value is -1.36. The molecule has 5 heteroatoms. The minimum absolute atomic E-state index is 0.0215. The highest BCUT2D eigenvalue weighted by atomic mass is 32.1. The first kappa shape index (κ1) is 10.8. The van der Waals surface area contributed by atoms with E-state index in [0.717, 1.165) is 31.4 Å². The largest absolute Gasteiger partial charge is 0.473 e. The zero-order valence-corrected chi connectivity index (χ0v) is 10.2. The first-order valence-electron chi connectivity index (χ1n) is 5.80. The minimum atomic E-state index is -0.0215. The first-order valence-corrected chi connectivity index (χ1v) is 6.74. The van der Waals surface area contributed by atoms with Crippen LogP contribution in [0.5, 0.6) is 0 Å². The highest BCUT2D eigenvalue weighted by Gasteiger charge is 2.39. The summed E-state index contributed by atoms with van der Waals surface area (Å²) in [4.78, 5) is 17.3. The summed E-state index contributed by atoms with van der Waals surface area (Å²) in [5.41, 5.74) is 1.16. The third-order valence-corrected chi connectivity index (χ3v) is 4.20. The summed E-state index contributed by atoms with van der Waals surface area (Å²) in [7, 11) is 0. The lowest BCUT2D eigenvalue weighted by Crippen LogP contribution is -2.39. The molecule has 1 aromatic rings. The Balaban J connectivity index is 1.81. The molecule has 3 unspecified atom stereocenters. The van der Waals surface area contributed by atoms with E-state index >= 15 is 0 Å². The van der Waals surface area contributed by atoms with Gasteiger partial charge >= 0.3 is 0 Å². The molecule has 1 fully saturated rings. The molecule has 1 amide bonds. The van der Waals surface area contributed by atoms with Crippen molar-refractivity contribution in [3.63, 3.8) is 0 Å². The summed E-state index contributed by atoms with van der Waals surface area (Å²) < 4.78 is 5.59. The van der Waals surface area contributed by atoms with E-state index in [1.165, 1.54) is 6.40 Å². The molecule has 0 radical (unpaired) electrons. The van der Waals surface area contributed by atoms with Gasteiger partial charge in [0.2, 0.25) is 6.41 Å². The van der Waals surface area contributed by atoms with Crippen molar-refractivity contribution in [1.29, 1.82) is 0 Å². The highest BCUT2D eigenvalue weighted by molar-refractivity contribution is 7.07. The molecule has 0 aromatic carbocycles. The third-order valence-electron chi connectivity index (χ3n) is 3.49. The van der Waals surface area contributed by atoms with Gasteiger partial charge in [-0.1, -0.05) is 0 Å². The fourth-order valence-corrected chi connectivity index (χ4v) is 3.34. The number of hydrogen-bond acceptors (Lipinski definition) is 4. The Morgan fingerprint density at radius 2 is 2.53 bits per heavy atom. The van der Waals surface area contributed by atoms with Crippen LogP contribution in [0.4, 0.5) is 0 Å². The van der Waals surface area contributed by atoms with Crippen LogP contribution in [0.1, 0.15) is 24.5 Å². The number of carbonyl (C=O) groups is 1. The van der Waals surface area contributed by atoms with Crippen molar-refractivity contribution in [1.82, 2.24) is 4.90 Å². The van der Waals surface area contributed by atoms with Crippen molar-refractivity contribution < 1.29 is 9.53 Å². The molecule has 17 heavy (non-hydrogen) atoms. The normalized spacial score (nSPS) is 31.8. The van der Waals surface area contributed by atoms with Crippen molar-refractivity contribution >= 4 is 24.1 Å². The first-order chi connectivity index (χ1) is 8.40. The van der Waals surface area contributed by atoms with Gasteiger partial charge in [-0.05, 0) is 29.7 Å². The Morgan fingerprint density at radius 3 is 3.29 bits per heavy atom. The number of rotatable bonds is 3. The Morgan fingerprint density at radius 1 is 1.59 bits per heavy atom. The molecule has 4 nitrogen and oxygen atoms in total. The van der Waals surface area contributed by atoms with Crippen LogP contribution in [-0.2, 0) is 9.53 Å². The van der Waals surface area contributed by atoms with Crippen LogP contribution in [0.3, 0.4) is 0 Å². The van der Waals surface area contributed by atoms with E-state index < -0.39 is 0 Å². The molecule has 90 valence electrons. The van der Waals surface area contributed by atoms with Crippen LogP contribution in [0.15, 0.2) is 21.8 Å². The fraction of sp³-hybridized carbons (Fsp3) is 0.500. The SMILES string of the molecule is O=CN1CCCC1C1N=COC1c1ccsc1. The van der Waals surface area contributed by atoms with Gasteiger partial charge < -0.3 is 9.64 Å². The smallest absolute Gasteiger partial charge is 0.210 e. The molecule has 0 N–H and O–H groups in total. The summed E-state index contributed by atoms with van der Waals surface area (Å²) in [6.45, 7) is 0.844. The molecule has 0 spiro atoms. The highest BCUT2D eigenvalue weighted by Crippen LogP contribution is 2.35. The van der Waals surface area contributed by atoms with Gasteiger partial charge in [0.25, 0.3) is 0 Å². The predicted molar refractivity (Wildman–Crippen MR) is 66.2 cm³/mol. The maximum absolute atomic E-state index is 11.0. The van der Waals surface area contributed by atoms with Crippen LogP contribution in [0.2, 0.25) is 0 Å². The summed E-state index contributed by atoms with van der Waals surface area (Å²) >= 11 is 1.66. The van der Waals surface area contributed by atoms with Crippen molar-refractivity contribution in [2.24, 2.45) is 4.99 Å². The lowest BCUT2D eigenvalue weighted by molar-refractivity contribution is -0.119. The van der Waals surface area contributed by atoms with Crippen molar-refractivity contribution in [2.75, 3.05) is 6.54 Å². The molecule has 3 rings (SSSR count). The number of ether oxygens (including phenoxy) is 1. The van der Waals surface area contributed by atoms with E-state index in [2.05, 4.69) is 16.4 Å². The van der Waals surface area contributed by atoms with Crippen molar-refractivity contribution in [3.8, 4) is 0 Å². The molecule has 3 atom stereocenters. The Bertz CT molecular complexity index is 418. The maximum Gasteiger partial charge on any atom is 0.210 e. The summed E-state index contributed by atoms with van der Waals surface area (Å²) in [5, 5.41) is 4.13. The number of likely N-dealkylation sites (tertiary alicyclic amines) is 1. The molecule has 3 heterocycles. The monoisotopic (exact) mass is 250 g/mol. The molecule has 1 aromatic heterocycles. The topological polar surface area (TPSA) is 41.9 Å². The van der Waals surface area contributed by atoms with Gasteiger partial charge in [-0.25, -0.2) is 4.99 Å². The van der Waals surface area contributed by atoms with Gasteiger partial charge in [-0.3, -0.25) is 4.79 Å². The predicted octanol–water partition coefficient (Wildman–Crippen LogP) is 1.84. The lowest BCUT2D eigenvalue weighted by Gasteiger charge is -2.27. The molecule has 2 aliphatic heterocycles. The number of carbonyl (C=O) groups excluding carboxylic acids is 1. The zero-order valence-electron chi connectivity index (χ0n) is 9.36. The number of hydrogen-bond donors (Lipinski definition) is 0. The standard InChI is InChI=1S/C12H14N2O2S/c15-8-14-4-1-2-10(14)11-12(16-7-13-11)9-3-5-17-6-9/h3,5-8,10-12H,1-2,4H2. The molecule has 2 aliphatic rings. The van der Waals surface area contributed by atoms with E-state index in [0.29, 0.717) is 0 Å². The average Bonchev–Trinajstić information content (AvgIpc) is 3.09. The minimum Gasteiger partial charge on any atom is -0.473 e. The van der Waals surface area contributed by atoms with Crippen molar-refractivity contribution in [3.05, 3.63) is 22.4 Å². The Kier molecular flexibility index (Phi) is 2.84. The van der Waals surface area contributed by atoms with Gasteiger partial charge in [-0.15, -0.1) is 0 Å². The maximum atomic E-state index is 11.0. The van der Waals surface area contributed by atoms with Gasteiger partial charge in [0.05, 0.1) is 6.04 Å². The lowest BCUT2D eigenvalue weighted by atomic mass is 9.97. The van der Waals surface area contributed by atoms with Gasteiger partial charge in [0.15, 0.2) is 12.5 Å². The van der Waals surface area contributed by atoms with Crippen LogP contribution in [0.25, 0.3) is 0 Å². The van der Waals surface area contributed by atoms with Gasteiger partial charge in [0, 0.05) is 12.1 Å². The fourth-order valence-electron chi connectivity index (χ4n) is 2.66. The van der Waals surface area contributed by atoms with E-state index in [4.69, 9.17) is 4.74 Å². The van der Waals surface area contributed by atoms with Gasteiger partial charge in [-0.2, -0.15) is 11.3 Å². The second-order valence-corrected chi connectivity index (χ2v) is 5.19. The van der Waals surface area contributed by atoms with E-state index in [9.17, 15) is 4.79 Å². The summed E-state index contributed by atoms with van der Waals surface area (Å²) in [6.07, 6.45) is 4.54. The molecular formula is C12H14N2O2S. The van der Waals surface area contributed by atoms with Crippen LogP contribution in [0, 0.1) is 0 Å². The van der Waals surface area contributed by atoms with E-state index in [1.54, 1.807) is 11.3 Å². The number of thiophene rings is 1. The van der Waals surface area contributed by atoms with Crippen LogP contribution >= 0.6 is 11.3 Å². The number of amides is 1. The third kappa shape index (κ3) is 1.84. The van der Waals surface area contributed by atoms with Crippen molar-refractivity contribution in [2.45, 2.75) is 31.0 Å². The van der Waals surface area contributed by atoms with Crippen LogP contribution in [-0.4, -0.2) is 36.3 Å². The average molecular weight is 250 g/mol. The zero-order chi connectivity index (χ0) is 11.7. The molecule has 0 aliphatic carbocycles. The Labute approximate surface area is 104 Å². The van der Waals surface area contributed by atoms with E-state index in [-0.39, 0.29) is 18.2 Å². The van der Waals surface area contributed by atoms with E-state index in [1.807, 2.05) is 10.3 Å². The summed E-state index contributed by atoms with van der Waals surface area (Å²) in [6, 6.07) is 2.31.